The van der Waals surface area contributed by atoms with Gasteiger partial charge in [0, 0.05) is 21.5 Å². The Morgan fingerprint density at radius 3 is 0.971 bits per heavy atom. The van der Waals surface area contributed by atoms with Crippen molar-refractivity contribution in [3.63, 3.8) is 0 Å². The summed E-state index contributed by atoms with van der Waals surface area (Å²) in [5.74, 6) is 0. The van der Waals surface area contributed by atoms with Crippen LogP contribution < -0.4 is 0 Å². The highest BCUT2D eigenvalue weighted by molar-refractivity contribution is 6.27. The average Bonchev–Trinajstić information content (AvgIpc) is 0.982. The van der Waals surface area contributed by atoms with Gasteiger partial charge in [0.2, 0.25) is 0 Å². The summed E-state index contributed by atoms with van der Waals surface area (Å²) in [6.07, 6.45) is 0. The van der Waals surface area contributed by atoms with Gasteiger partial charge in [-0.05, 0) is 207 Å². The van der Waals surface area contributed by atoms with Crippen molar-refractivity contribution < 1.29 is 8.83 Å². The molecule has 0 bridgehead atoms. The molecule has 2 heteroatoms. The van der Waals surface area contributed by atoms with E-state index >= 15 is 0 Å². The summed E-state index contributed by atoms with van der Waals surface area (Å²) in [5.41, 5.74) is 23.0. The zero-order valence-electron chi connectivity index (χ0n) is 55.6. The number of hydrogen-bond donors (Lipinski definition) is 0. The van der Waals surface area contributed by atoms with Crippen molar-refractivity contribution in [3.05, 3.63) is 376 Å². The molecule has 0 saturated heterocycles. The summed E-state index contributed by atoms with van der Waals surface area (Å²) < 4.78 is 13.2. The highest BCUT2D eigenvalue weighted by Crippen LogP contribution is 2.51. The van der Waals surface area contributed by atoms with E-state index in [1.54, 1.807) is 0 Å². The fourth-order valence-electron chi connectivity index (χ4n) is 16.6. The Labute approximate surface area is 604 Å². The van der Waals surface area contributed by atoms with Crippen molar-refractivity contribution in [2.24, 2.45) is 0 Å². The maximum absolute atomic E-state index is 6.62. The minimum Gasteiger partial charge on any atom is -0.456 e. The first kappa shape index (κ1) is 62.8. The summed E-state index contributed by atoms with van der Waals surface area (Å²) in [6.45, 7) is 0. The fourth-order valence-corrected chi connectivity index (χ4v) is 16.6. The molecule has 0 aliphatic rings. The van der Waals surface area contributed by atoms with Gasteiger partial charge in [-0.1, -0.05) is 349 Å². The van der Waals surface area contributed by atoms with Crippen LogP contribution in [0.2, 0.25) is 0 Å². The predicted octanol–water partition coefficient (Wildman–Crippen LogP) is 29.9. The molecule has 0 saturated carbocycles. The molecule has 0 atom stereocenters. The Hall–Kier alpha value is -13.4. The Morgan fingerprint density at radius 2 is 0.481 bits per heavy atom. The molecule has 0 aliphatic carbocycles. The number of rotatable bonds is 8. The molecular formula is C102H70O2. The zero-order chi connectivity index (χ0) is 67.2. The van der Waals surface area contributed by atoms with E-state index in [2.05, 4.69) is 364 Å². The summed E-state index contributed by atoms with van der Waals surface area (Å²) in [7, 11) is 0. The van der Waals surface area contributed by atoms with Gasteiger partial charge in [0.05, 0.1) is 0 Å². The molecule has 0 unspecified atom stereocenters. The molecule has 104 heavy (non-hydrogen) atoms. The smallest absolute Gasteiger partial charge is 0.136 e. The van der Waals surface area contributed by atoms with Crippen molar-refractivity contribution in [1.29, 1.82) is 0 Å². The van der Waals surface area contributed by atoms with Crippen molar-refractivity contribution in [2.75, 3.05) is 0 Å². The van der Waals surface area contributed by atoms with E-state index in [4.69, 9.17) is 8.83 Å². The summed E-state index contributed by atoms with van der Waals surface area (Å²) >= 11 is 0. The fraction of sp³-hybridized carbons (Fsp3) is 0.0196. The molecule has 2 aromatic heterocycles. The number of fused-ring (bicyclic) bond motifs is 13. The molecule has 0 spiro atoms. The second-order valence-corrected chi connectivity index (χ2v) is 26.8. The number of hydrogen-bond acceptors (Lipinski definition) is 2. The van der Waals surface area contributed by atoms with E-state index in [0.717, 1.165) is 55.0 Å². The minimum absolute atomic E-state index is 0. The van der Waals surface area contributed by atoms with Crippen LogP contribution in [0, 0.1) is 0 Å². The summed E-state index contributed by atoms with van der Waals surface area (Å²) in [4.78, 5) is 0. The molecule has 0 radical (unpaired) electrons. The normalized spacial score (nSPS) is 11.5. The Kier molecular flexibility index (Phi) is 15.7. The van der Waals surface area contributed by atoms with Crippen LogP contribution in [0.5, 0.6) is 0 Å². The van der Waals surface area contributed by atoms with Crippen LogP contribution in [0.25, 0.3) is 208 Å². The molecule has 0 fully saturated rings. The molecule has 2 nitrogen and oxygen atoms in total. The van der Waals surface area contributed by atoms with Gasteiger partial charge < -0.3 is 8.83 Å². The number of benzene rings is 19. The lowest BCUT2D eigenvalue weighted by molar-refractivity contribution is 0.669. The number of furan rings is 2. The van der Waals surface area contributed by atoms with Crippen molar-refractivity contribution in [1.82, 2.24) is 0 Å². The Bertz CT molecular complexity index is 6790. The van der Waals surface area contributed by atoms with Crippen LogP contribution in [0.3, 0.4) is 0 Å². The predicted molar refractivity (Wildman–Crippen MR) is 447 cm³/mol. The van der Waals surface area contributed by atoms with Crippen molar-refractivity contribution in [3.8, 4) is 89.0 Å². The first-order valence-corrected chi connectivity index (χ1v) is 35.1. The SMILES string of the molecule is C.C.c1ccc(-c2cc(-c3c4ccccc4c(-c4ccc(-c5ccc6ccccc6c5)cc4)c4ccccc34)cc3oc4ccccc4c23)cc1.c1ccc(-c2cc(-c3c4ccccc4c(-c4ccc(-c5cccc6ccccc56)c5ccccc45)c4ccccc34)cc3oc4ccccc4c23)cc1. The maximum atomic E-state index is 6.62. The third kappa shape index (κ3) is 10.4. The summed E-state index contributed by atoms with van der Waals surface area (Å²) in [5, 5.41) is 21.9. The largest absolute Gasteiger partial charge is 0.456 e. The van der Waals surface area contributed by atoms with Crippen LogP contribution in [0.15, 0.2) is 385 Å². The zero-order valence-corrected chi connectivity index (χ0v) is 55.6. The molecule has 0 amide bonds. The molecule has 2 heterocycles. The van der Waals surface area contributed by atoms with Crippen LogP contribution >= 0.6 is 0 Å². The lowest BCUT2D eigenvalue weighted by atomic mass is 9.83. The second kappa shape index (κ2) is 26.0. The first-order chi connectivity index (χ1) is 50.6. The van der Waals surface area contributed by atoms with E-state index in [1.165, 1.54) is 153 Å². The first-order valence-electron chi connectivity index (χ1n) is 35.1. The van der Waals surface area contributed by atoms with E-state index in [9.17, 15) is 0 Å². The van der Waals surface area contributed by atoms with Gasteiger partial charge in [0.25, 0.3) is 0 Å². The third-order valence-electron chi connectivity index (χ3n) is 21.1. The van der Waals surface area contributed by atoms with Gasteiger partial charge in [-0.3, -0.25) is 0 Å². The van der Waals surface area contributed by atoms with Gasteiger partial charge in [0.15, 0.2) is 0 Å². The second-order valence-electron chi connectivity index (χ2n) is 26.8. The van der Waals surface area contributed by atoms with Gasteiger partial charge in [-0.15, -0.1) is 0 Å². The van der Waals surface area contributed by atoms with E-state index in [0.29, 0.717) is 0 Å². The van der Waals surface area contributed by atoms with Crippen LogP contribution in [-0.4, -0.2) is 0 Å². The average molecular weight is 1330 g/mol. The topological polar surface area (TPSA) is 26.3 Å². The lowest BCUT2D eigenvalue weighted by Crippen LogP contribution is -1.93. The van der Waals surface area contributed by atoms with Crippen LogP contribution in [-0.2, 0) is 0 Å². The maximum Gasteiger partial charge on any atom is 0.136 e. The highest BCUT2D eigenvalue weighted by Gasteiger charge is 2.24. The number of para-hydroxylation sites is 2. The third-order valence-corrected chi connectivity index (χ3v) is 21.1. The standard InChI is InChI=1S/C52H32O.C48H30O.2CH4/c1-2-15-34(16-3-1)47-31-35(32-49-52(47)46-26-12-13-28-48(46)53-49)50-41-22-8-10-24-43(41)51(44-25-11-9-23-42(44)50)45-30-29-40(38-20-6-7-21-39(38)45)37-27-14-18-33-17-4-5-19-36(33)37;1-2-13-33(14-3-1)43-29-37(30-45-48(43)42-20-10-11-21-44(42)49-45)47-40-18-8-6-16-38(40)46(39-17-7-9-19-41(39)47)34-25-22-32(23-26-34)36-27-24-31-12-4-5-15-35(31)28-36;;/h1-32H;1-30H;2*1H4. The highest BCUT2D eigenvalue weighted by atomic mass is 16.3. The van der Waals surface area contributed by atoms with E-state index in [-0.39, 0.29) is 14.9 Å². The Morgan fingerprint density at radius 1 is 0.144 bits per heavy atom. The molecular weight excluding hydrogens is 1260 g/mol. The molecule has 0 aliphatic heterocycles. The van der Waals surface area contributed by atoms with E-state index < -0.39 is 0 Å². The molecule has 19 aromatic carbocycles. The minimum atomic E-state index is 0. The van der Waals surface area contributed by atoms with Crippen molar-refractivity contribution >= 4 is 119 Å². The van der Waals surface area contributed by atoms with E-state index in [1.807, 2.05) is 12.1 Å². The lowest BCUT2D eigenvalue weighted by Gasteiger charge is -2.20. The van der Waals surface area contributed by atoms with Crippen LogP contribution in [0.4, 0.5) is 0 Å². The molecule has 21 aromatic rings. The summed E-state index contributed by atoms with van der Waals surface area (Å²) in [6, 6.07) is 136. The molecule has 490 valence electrons. The van der Waals surface area contributed by atoms with Crippen molar-refractivity contribution in [2.45, 2.75) is 14.9 Å². The molecule has 21 rings (SSSR count). The van der Waals surface area contributed by atoms with Gasteiger partial charge in [0.1, 0.15) is 22.3 Å². The quantitative estimate of drug-likeness (QED) is 0.142. The Balaban J connectivity index is 0.000000146. The van der Waals surface area contributed by atoms with Gasteiger partial charge in [-0.25, -0.2) is 0 Å². The molecule has 0 N–H and O–H groups in total. The van der Waals surface area contributed by atoms with Gasteiger partial charge in [-0.2, -0.15) is 0 Å². The van der Waals surface area contributed by atoms with Gasteiger partial charge >= 0.3 is 0 Å². The monoisotopic (exact) mass is 1330 g/mol. The van der Waals surface area contributed by atoms with Crippen LogP contribution in [0.1, 0.15) is 14.9 Å².